The van der Waals surface area contributed by atoms with Gasteiger partial charge in [0.2, 0.25) is 0 Å². The summed E-state index contributed by atoms with van der Waals surface area (Å²) in [6.07, 6.45) is 1.52. The van der Waals surface area contributed by atoms with Crippen LogP contribution in [0.15, 0.2) is 24.4 Å². The minimum absolute atomic E-state index is 0.289. The molecular formula is C9H8F2N4. The van der Waals surface area contributed by atoms with E-state index in [1.165, 1.54) is 16.9 Å². The van der Waals surface area contributed by atoms with Gasteiger partial charge in [0.05, 0.1) is 12.7 Å². The third-order valence-electron chi connectivity index (χ3n) is 1.88. The van der Waals surface area contributed by atoms with Gasteiger partial charge in [-0.25, -0.2) is 13.5 Å². The van der Waals surface area contributed by atoms with Gasteiger partial charge in [0, 0.05) is 0 Å². The molecule has 1 heterocycles. The van der Waals surface area contributed by atoms with Crippen molar-refractivity contribution in [3.8, 4) is 0 Å². The third-order valence-corrected chi connectivity index (χ3v) is 1.88. The summed E-state index contributed by atoms with van der Waals surface area (Å²) in [6, 6.07) is 3.68. The van der Waals surface area contributed by atoms with E-state index >= 15 is 0 Å². The number of aromatic nitrogens is 3. The number of nitrogens with two attached hydrogens (primary N) is 1. The minimum Gasteiger partial charge on any atom is -0.381 e. The maximum atomic E-state index is 12.8. The lowest BCUT2D eigenvalue weighted by atomic mass is 10.2. The van der Waals surface area contributed by atoms with Gasteiger partial charge in [0.1, 0.15) is 0 Å². The van der Waals surface area contributed by atoms with Crippen molar-refractivity contribution < 1.29 is 8.78 Å². The van der Waals surface area contributed by atoms with Crippen LogP contribution in [0.3, 0.4) is 0 Å². The first-order valence-electron chi connectivity index (χ1n) is 4.24. The lowest BCUT2D eigenvalue weighted by Crippen LogP contribution is -2.01. The maximum Gasteiger partial charge on any atom is 0.165 e. The first-order chi connectivity index (χ1) is 7.15. The first-order valence-corrected chi connectivity index (χ1v) is 4.24. The average Bonchev–Trinajstić information content (AvgIpc) is 2.58. The topological polar surface area (TPSA) is 56.7 Å². The van der Waals surface area contributed by atoms with Crippen molar-refractivity contribution in [2.75, 3.05) is 5.73 Å². The highest BCUT2D eigenvalue weighted by atomic mass is 19.2. The summed E-state index contributed by atoms with van der Waals surface area (Å²) in [5.41, 5.74) is 5.95. The molecule has 0 fully saturated rings. The van der Waals surface area contributed by atoms with Crippen molar-refractivity contribution in [3.63, 3.8) is 0 Å². The number of hydrogen-bond donors (Lipinski definition) is 1. The fourth-order valence-corrected chi connectivity index (χ4v) is 1.22. The number of halogens is 2. The van der Waals surface area contributed by atoms with Crippen molar-refractivity contribution in [2.24, 2.45) is 0 Å². The molecule has 2 aromatic rings. The van der Waals surface area contributed by atoms with Crippen LogP contribution in [0.4, 0.5) is 14.6 Å². The van der Waals surface area contributed by atoms with E-state index in [9.17, 15) is 8.78 Å². The van der Waals surface area contributed by atoms with Gasteiger partial charge in [-0.1, -0.05) is 11.3 Å². The van der Waals surface area contributed by atoms with Crippen LogP contribution >= 0.6 is 0 Å². The first kappa shape index (κ1) is 9.57. The Hall–Kier alpha value is -1.98. The summed E-state index contributed by atoms with van der Waals surface area (Å²) in [7, 11) is 0. The average molecular weight is 210 g/mol. The lowest BCUT2D eigenvalue weighted by molar-refractivity contribution is 0.505. The molecule has 6 heteroatoms. The number of anilines is 1. The Morgan fingerprint density at radius 1 is 1.27 bits per heavy atom. The molecule has 15 heavy (non-hydrogen) atoms. The van der Waals surface area contributed by atoms with E-state index in [0.717, 1.165) is 12.1 Å². The lowest BCUT2D eigenvalue weighted by Gasteiger charge is -2.01. The number of benzene rings is 1. The zero-order valence-electron chi connectivity index (χ0n) is 7.69. The molecule has 78 valence electrons. The smallest absolute Gasteiger partial charge is 0.165 e. The summed E-state index contributed by atoms with van der Waals surface area (Å²) in [4.78, 5) is 0. The zero-order valence-corrected chi connectivity index (χ0v) is 7.69. The van der Waals surface area contributed by atoms with Gasteiger partial charge in [-0.2, -0.15) is 0 Å². The molecule has 0 aliphatic heterocycles. The maximum absolute atomic E-state index is 12.8. The van der Waals surface area contributed by atoms with Crippen LogP contribution in [0.2, 0.25) is 0 Å². The highest BCUT2D eigenvalue weighted by Gasteiger charge is 2.03. The van der Waals surface area contributed by atoms with Crippen molar-refractivity contribution in [3.05, 3.63) is 41.6 Å². The molecule has 2 rings (SSSR count). The number of rotatable bonds is 2. The van der Waals surface area contributed by atoms with Gasteiger partial charge in [0.25, 0.3) is 0 Å². The van der Waals surface area contributed by atoms with Gasteiger partial charge in [0.15, 0.2) is 17.5 Å². The van der Waals surface area contributed by atoms with E-state index in [0.29, 0.717) is 12.1 Å². The summed E-state index contributed by atoms with van der Waals surface area (Å²) in [5.74, 6) is -1.45. The van der Waals surface area contributed by atoms with E-state index in [1.54, 1.807) is 0 Å². The Labute approximate surface area is 84.3 Å². The Morgan fingerprint density at radius 2 is 2.07 bits per heavy atom. The molecule has 1 aromatic heterocycles. The minimum atomic E-state index is -0.874. The van der Waals surface area contributed by atoms with Gasteiger partial charge in [-0.3, -0.25) is 0 Å². The number of hydrogen-bond acceptors (Lipinski definition) is 3. The molecular weight excluding hydrogens is 202 g/mol. The van der Waals surface area contributed by atoms with Crippen LogP contribution < -0.4 is 5.73 Å². The molecule has 0 spiro atoms. The van der Waals surface area contributed by atoms with E-state index in [-0.39, 0.29) is 5.82 Å². The van der Waals surface area contributed by atoms with Crippen LogP contribution in [0.5, 0.6) is 0 Å². The monoisotopic (exact) mass is 210 g/mol. The second kappa shape index (κ2) is 3.64. The third kappa shape index (κ3) is 2.09. The molecule has 0 aliphatic rings. The Balaban J connectivity index is 2.21. The molecule has 0 aliphatic carbocycles. The van der Waals surface area contributed by atoms with Gasteiger partial charge >= 0.3 is 0 Å². The second-order valence-electron chi connectivity index (χ2n) is 3.09. The van der Waals surface area contributed by atoms with Crippen molar-refractivity contribution >= 4 is 5.82 Å². The number of nitrogens with zero attached hydrogens (tertiary/aromatic N) is 3. The molecule has 0 saturated carbocycles. The van der Waals surface area contributed by atoms with Crippen LogP contribution in [0.1, 0.15) is 5.56 Å². The molecule has 2 N–H and O–H groups in total. The zero-order chi connectivity index (χ0) is 10.8. The van der Waals surface area contributed by atoms with E-state index in [2.05, 4.69) is 10.3 Å². The summed E-state index contributed by atoms with van der Waals surface area (Å²) in [6.45, 7) is 0.307. The van der Waals surface area contributed by atoms with Crippen LogP contribution in [0.25, 0.3) is 0 Å². The van der Waals surface area contributed by atoms with Crippen molar-refractivity contribution in [2.45, 2.75) is 6.54 Å². The fourth-order valence-electron chi connectivity index (χ4n) is 1.22. The molecule has 1 aromatic carbocycles. The van der Waals surface area contributed by atoms with Crippen LogP contribution in [-0.2, 0) is 6.54 Å². The van der Waals surface area contributed by atoms with E-state index < -0.39 is 11.6 Å². The molecule has 0 bridgehead atoms. The predicted octanol–water partition coefficient (Wildman–Crippen LogP) is 1.19. The van der Waals surface area contributed by atoms with Crippen LogP contribution in [0, 0.1) is 11.6 Å². The number of nitrogen functional groups attached to an aromatic ring is 1. The SMILES string of the molecule is Nc1cn(Cc2ccc(F)c(F)c2)nn1. The Morgan fingerprint density at radius 3 is 2.67 bits per heavy atom. The summed E-state index contributed by atoms with van der Waals surface area (Å²) in [5, 5.41) is 7.26. The fraction of sp³-hybridized carbons (Fsp3) is 0.111. The largest absolute Gasteiger partial charge is 0.381 e. The normalized spacial score (nSPS) is 10.5. The molecule has 0 unspecified atom stereocenters. The van der Waals surface area contributed by atoms with Gasteiger partial charge < -0.3 is 5.73 Å². The van der Waals surface area contributed by atoms with E-state index in [4.69, 9.17) is 5.73 Å². The molecule has 0 atom stereocenters. The molecule has 0 radical (unpaired) electrons. The van der Waals surface area contributed by atoms with Gasteiger partial charge in [-0.15, -0.1) is 5.10 Å². The van der Waals surface area contributed by atoms with Crippen molar-refractivity contribution in [1.29, 1.82) is 0 Å². The highest BCUT2D eigenvalue weighted by molar-refractivity contribution is 5.22. The molecule has 0 saturated heterocycles. The quantitative estimate of drug-likeness (QED) is 0.809. The Kier molecular flexibility index (Phi) is 2.32. The highest BCUT2D eigenvalue weighted by Crippen LogP contribution is 2.09. The summed E-state index contributed by atoms with van der Waals surface area (Å²) < 4.78 is 26.9. The van der Waals surface area contributed by atoms with E-state index in [1.807, 2.05) is 0 Å². The predicted molar refractivity (Wildman–Crippen MR) is 49.9 cm³/mol. The second-order valence-corrected chi connectivity index (χ2v) is 3.09. The molecule has 4 nitrogen and oxygen atoms in total. The van der Waals surface area contributed by atoms with Crippen LogP contribution in [-0.4, -0.2) is 15.0 Å². The molecule has 0 amide bonds. The van der Waals surface area contributed by atoms with Crippen molar-refractivity contribution in [1.82, 2.24) is 15.0 Å². The van der Waals surface area contributed by atoms with Gasteiger partial charge in [-0.05, 0) is 17.7 Å². The standard InChI is InChI=1S/C9H8F2N4/c10-7-2-1-6(3-8(7)11)4-15-5-9(12)13-14-15/h1-3,5H,4,12H2. The Bertz CT molecular complexity index is 481. The summed E-state index contributed by atoms with van der Waals surface area (Å²) >= 11 is 0.